The molecule has 0 aliphatic carbocycles. The summed E-state index contributed by atoms with van der Waals surface area (Å²) in [5.41, 5.74) is 1.33. The van der Waals surface area contributed by atoms with E-state index in [0.29, 0.717) is 6.04 Å². The maximum Gasteiger partial charge on any atom is 0.0314 e. The van der Waals surface area contributed by atoms with Crippen LogP contribution in [0.5, 0.6) is 0 Å². The zero-order valence-corrected chi connectivity index (χ0v) is 7.56. The van der Waals surface area contributed by atoms with E-state index in [2.05, 4.69) is 23.8 Å². The Kier molecular flexibility index (Phi) is 3.09. The summed E-state index contributed by atoms with van der Waals surface area (Å²) >= 11 is 0. The highest BCUT2D eigenvalue weighted by molar-refractivity contribution is 5.09. The van der Waals surface area contributed by atoms with Gasteiger partial charge in [0.2, 0.25) is 0 Å². The van der Waals surface area contributed by atoms with Crippen molar-refractivity contribution in [1.29, 1.82) is 0 Å². The summed E-state index contributed by atoms with van der Waals surface area (Å²) in [5, 5.41) is 3.14. The van der Waals surface area contributed by atoms with Crippen LogP contribution in [0, 0.1) is 0 Å². The summed E-state index contributed by atoms with van der Waals surface area (Å²) in [7, 11) is 4.15. The Labute approximate surface area is 69.3 Å². The predicted molar refractivity (Wildman–Crippen MR) is 48.7 cm³/mol. The first-order chi connectivity index (χ1) is 5.25. The summed E-state index contributed by atoms with van der Waals surface area (Å²) in [5.74, 6) is 0. The van der Waals surface area contributed by atoms with Crippen molar-refractivity contribution in [1.82, 2.24) is 10.2 Å². The Morgan fingerprint density at radius 1 is 1.73 bits per heavy atom. The van der Waals surface area contributed by atoms with Crippen LogP contribution in [0.1, 0.15) is 12.8 Å². The number of likely N-dealkylation sites (tertiary alicyclic amines) is 1. The molecule has 1 heterocycles. The average Bonchev–Trinajstić information content (AvgIpc) is 2.36. The molecular formula is C9H18N2. The first kappa shape index (κ1) is 8.75. The third-order valence-electron chi connectivity index (χ3n) is 2.40. The van der Waals surface area contributed by atoms with Gasteiger partial charge in [0.15, 0.2) is 0 Å². The van der Waals surface area contributed by atoms with E-state index in [-0.39, 0.29) is 0 Å². The molecule has 0 amide bonds. The van der Waals surface area contributed by atoms with Crippen LogP contribution in [0.2, 0.25) is 0 Å². The molecule has 0 spiro atoms. The number of hydrogen-bond acceptors (Lipinski definition) is 2. The summed E-state index contributed by atoms with van der Waals surface area (Å²) in [4.78, 5) is 2.39. The van der Waals surface area contributed by atoms with Gasteiger partial charge in [-0.15, -0.1) is 0 Å². The van der Waals surface area contributed by atoms with E-state index in [1.165, 1.54) is 25.0 Å². The fourth-order valence-corrected chi connectivity index (χ4v) is 1.77. The number of nitrogens with zero attached hydrogens (tertiary/aromatic N) is 1. The Hall–Kier alpha value is -0.340. The van der Waals surface area contributed by atoms with Crippen molar-refractivity contribution < 1.29 is 0 Å². The standard InChI is InChI=1S/C9H18N2/c1-8(7-10-2)9-5-4-6-11(9)3/h9-10H,1,4-7H2,2-3H3. The van der Waals surface area contributed by atoms with Gasteiger partial charge in [0, 0.05) is 12.6 Å². The van der Waals surface area contributed by atoms with E-state index in [1.54, 1.807) is 0 Å². The van der Waals surface area contributed by atoms with Gasteiger partial charge >= 0.3 is 0 Å². The lowest BCUT2D eigenvalue weighted by Crippen LogP contribution is -2.30. The Bertz CT molecular complexity index is 142. The highest BCUT2D eigenvalue weighted by atomic mass is 15.1. The molecule has 1 rings (SSSR count). The molecule has 0 aromatic rings. The zero-order chi connectivity index (χ0) is 8.27. The van der Waals surface area contributed by atoms with Gasteiger partial charge in [0.25, 0.3) is 0 Å². The monoisotopic (exact) mass is 154 g/mol. The third-order valence-corrected chi connectivity index (χ3v) is 2.40. The maximum absolute atomic E-state index is 4.07. The minimum atomic E-state index is 0.627. The molecule has 0 aromatic carbocycles. The first-order valence-electron chi connectivity index (χ1n) is 4.28. The van der Waals surface area contributed by atoms with Gasteiger partial charge in [-0.2, -0.15) is 0 Å². The smallest absolute Gasteiger partial charge is 0.0314 e. The van der Waals surface area contributed by atoms with Crippen molar-refractivity contribution in [2.45, 2.75) is 18.9 Å². The summed E-state index contributed by atoms with van der Waals surface area (Å²) < 4.78 is 0. The number of likely N-dealkylation sites (N-methyl/N-ethyl adjacent to an activating group) is 2. The lowest BCUT2D eigenvalue weighted by molar-refractivity contribution is 0.341. The summed E-state index contributed by atoms with van der Waals surface area (Å²) in [6, 6.07) is 0.627. The van der Waals surface area contributed by atoms with Crippen molar-refractivity contribution in [2.24, 2.45) is 0 Å². The van der Waals surface area contributed by atoms with Gasteiger partial charge < -0.3 is 5.32 Å². The lowest BCUT2D eigenvalue weighted by Gasteiger charge is -2.21. The molecule has 1 fully saturated rings. The van der Waals surface area contributed by atoms with Crippen LogP contribution in [0.25, 0.3) is 0 Å². The maximum atomic E-state index is 4.07. The fraction of sp³-hybridized carbons (Fsp3) is 0.778. The molecule has 11 heavy (non-hydrogen) atoms. The van der Waals surface area contributed by atoms with Crippen molar-refractivity contribution in [3.63, 3.8) is 0 Å². The lowest BCUT2D eigenvalue weighted by atomic mass is 10.1. The topological polar surface area (TPSA) is 15.3 Å². The Morgan fingerprint density at radius 3 is 2.91 bits per heavy atom. The average molecular weight is 154 g/mol. The van der Waals surface area contributed by atoms with Gasteiger partial charge in [0.1, 0.15) is 0 Å². The molecule has 0 bridgehead atoms. The summed E-state index contributed by atoms with van der Waals surface area (Å²) in [6.07, 6.45) is 2.61. The molecule has 1 N–H and O–H groups in total. The fourth-order valence-electron chi connectivity index (χ4n) is 1.77. The minimum Gasteiger partial charge on any atom is -0.316 e. The van der Waals surface area contributed by atoms with Crippen molar-refractivity contribution >= 4 is 0 Å². The number of hydrogen-bond donors (Lipinski definition) is 1. The highest BCUT2D eigenvalue weighted by Gasteiger charge is 2.22. The van der Waals surface area contributed by atoms with Crippen LogP contribution in [-0.2, 0) is 0 Å². The molecule has 64 valence electrons. The zero-order valence-electron chi connectivity index (χ0n) is 7.56. The molecule has 1 aliphatic heterocycles. The number of nitrogens with one attached hydrogen (secondary N) is 1. The highest BCUT2D eigenvalue weighted by Crippen LogP contribution is 2.19. The molecule has 1 saturated heterocycles. The van der Waals surface area contributed by atoms with E-state index in [1.807, 2.05) is 7.05 Å². The van der Waals surface area contributed by atoms with E-state index < -0.39 is 0 Å². The molecule has 1 aliphatic rings. The van der Waals surface area contributed by atoms with Crippen molar-refractivity contribution in [3.8, 4) is 0 Å². The normalized spacial score (nSPS) is 25.8. The second-order valence-electron chi connectivity index (χ2n) is 3.33. The molecule has 0 radical (unpaired) electrons. The number of rotatable bonds is 3. The van der Waals surface area contributed by atoms with Crippen molar-refractivity contribution in [2.75, 3.05) is 27.2 Å². The van der Waals surface area contributed by atoms with E-state index in [9.17, 15) is 0 Å². The molecule has 2 heteroatoms. The van der Waals surface area contributed by atoms with Crippen molar-refractivity contribution in [3.05, 3.63) is 12.2 Å². The van der Waals surface area contributed by atoms with Gasteiger partial charge in [-0.25, -0.2) is 0 Å². The first-order valence-corrected chi connectivity index (χ1v) is 4.28. The quantitative estimate of drug-likeness (QED) is 0.606. The van der Waals surface area contributed by atoms with Gasteiger partial charge in [-0.05, 0) is 39.1 Å². The predicted octanol–water partition coefficient (Wildman–Crippen LogP) is 0.856. The van der Waals surface area contributed by atoms with Crippen LogP contribution in [0.3, 0.4) is 0 Å². The second kappa shape index (κ2) is 3.88. The Balaban J connectivity index is 2.39. The summed E-state index contributed by atoms with van der Waals surface area (Å²) in [6.45, 7) is 6.26. The van der Waals surface area contributed by atoms with Gasteiger partial charge in [-0.1, -0.05) is 6.58 Å². The molecular weight excluding hydrogens is 136 g/mol. The van der Waals surface area contributed by atoms with Gasteiger partial charge in [-0.3, -0.25) is 4.90 Å². The Morgan fingerprint density at radius 2 is 2.45 bits per heavy atom. The van der Waals surface area contributed by atoms with Crippen LogP contribution in [0.4, 0.5) is 0 Å². The van der Waals surface area contributed by atoms with E-state index in [0.717, 1.165) is 6.54 Å². The molecule has 1 atom stereocenters. The SMILES string of the molecule is C=C(CNC)C1CCCN1C. The second-order valence-corrected chi connectivity index (χ2v) is 3.33. The molecule has 1 unspecified atom stereocenters. The third kappa shape index (κ3) is 2.04. The van der Waals surface area contributed by atoms with Crippen LogP contribution in [-0.4, -0.2) is 38.1 Å². The van der Waals surface area contributed by atoms with Crippen LogP contribution >= 0.6 is 0 Å². The van der Waals surface area contributed by atoms with Crippen LogP contribution < -0.4 is 5.32 Å². The minimum absolute atomic E-state index is 0.627. The van der Waals surface area contributed by atoms with E-state index in [4.69, 9.17) is 0 Å². The molecule has 2 nitrogen and oxygen atoms in total. The van der Waals surface area contributed by atoms with Crippen LogP contribution in [0.15, 0.2) is 12.2 Å². The molecule has 0 aromatic heterocycles. The largest absolute Gasteiger partial charge is 0.316 e. The molecule has 0 saturated carbocycles. The van der Waals surface area contributed by atoms with E-state index >= 15 is 0 Å². The van der Waals surface area contributed by atoms with Gasteiger partial charge in [0.05, 0.1) is 0 Å².